The summed E-state index contributed by atoms with van der Waals surface area (Å²) >= 11 is 0. The zero-order valence-corrected chi connectivity index (χ0v) is 16.6. The van der Waals surface area contributed by atoms with Gasteiger partial charge in [0.05, 0.1) is 30.6 Å². The number of unbranched alkanes of at least 4 members (excludes halogenated alkanes) is 1. The molecule has 0 aliphatic carbocycles. The fraction of sp³-hybridized carbons (Fsp3) is 0.304. The Morgan fingerprint density at radius 1 is 1.10 bits per heavy atom. The van der Waals surface area contributed by atoms with Gasteiger partial charge in [-0.25, -0.2) is 4.39 Å². The SMILES string of the molecule is CCc1c(C(=O)NCCCCOc2ccc(F)cc2)cnn1Cc1ccccc1. The number of amides is 1. The minimum Gasteiger partial charge on any atom is -0.494 e. The lowest BCUT2D eigenvalue weighted by molar-refractivity contribution is 0.0951. The molecule has 0 saturated carbocycles. The largest absolute Gasteiger partial charge is 0.494 e. The molecule has 2 aromatic carbocycles. The van der Waals surface area contributed by atoms with E-state index in [1.165, 1.54) is 12.1 Å². The summed E-state index contributed by atoms with van der Waals surface area (Å²) in [7, 11) is 0. The number of nitrogens with zero attached hydrogens (tertiary/aromatic N) is 2. The van der Waals surface area contributed by atoms with E-state index in [1.54, 1.807) is 18.3 Å². The second-order valence-electron chi connectivity index (χ2n) is 6.77. The third kappa shape index (κ3) is 5.91. The Morgan fingerprint density at radius 3 is 2.59 bits per heavy atom. The molecule has 0 saturated heterocycles. The quantitative estimate of drug-likeness (QED) is 0.523. The molecule has 0 unspecified atom stereocenters. The van der Waals surface area contributed by atoms with Gasteiger partial charge in [0.1, 0.15) is 11.6 Å². The summed E-state index contributed by atoms with van der Waals surface area (Å²) in [4.78, 5) is 12.5. The van der Waals surface area contributed by atoms with Crippen LogP contribution in [0.2, 0.25) is 0 Å². The van der Waals surface area contributed by atoms with Crippen LogP contribution in [0.25, 0.3) is 0 Å². The van der Waals surface area contributed by atoms with Crippen molar-refractivity contribution >= 4 is 5.91 Å². The maximum absolute atomic E-state index is 12.9. The number of halogens is 1. The lowest BCUT2D eigenvalue weighted by atomic mass is 10.1. The van der Waals surface area contributed by atoms with E-state index in [9.17, 15) is 9.18 Å². The molecule has 1 N–H and O–H groups in total. The van der Waals surface area contributed by atoms with Crippen molar-refractivity contribution in [1.29, 1.82) is 0 Å². The lowest BCUT2D eigenvalue weighted by Crippen LogP contribution is -2.25. The Labute approximate surface area is 170 Å². The van der Waals surface area contributed by atoms with Gasteiger partial charge in [0, 0.05) is 6.54 Å². The van der Waals surface area contributed by atoms with E-state index >= 15 is 0 Å². The molecule has 3 rings (SSSR count). The van der Waals surface area contributed by atoms with Gasteiger partial charge in [0.15, 0.2) is 0 Å². The third-order valence-electron chi connectivity index (χ3n) is 4.64. The predicted molar refractivity (Wildman–Crippen MR) is 111 cm³/mol. The van der Waals surface area contributed by atoms with E-state index in [2.05, 4.69) is 22.5 Å². The first-order valence-electron chi connectivity index (χ1n) is 9.92. The van der Waals surface area contributed by atoms with Crippen LogP contribution in [0.4, 0.5) is 4.39 Å². The second-order valence-corrected chi connectivity index (χ2v) is 6.77. The highest BCUT2D eigenvalue weighted by molar-refractivity contribution is 5.95. The maximum atomic E-state index is 12.9. The normalized spacial score (nSPS) is 10.7. The highest BCUT2D eigenvalue weighted by atomic mass is 19.1. The average Bonchev–Trinajstić information content (AvgIpc) is 3.15. The lowest BCUT2D eigenvalue weighted by Gasteiger charge is -2.09. The standard InChI is InChI=1S/C23H26FN3O2/c1-2-22-21(16-26-27(22)17-18-8-4-3-5-9-18)23(28)25-14-6-7-15-29-20-12-10-19(24)11-13-20/h3-5,8-13,16H,2,6-7,14-15,17H2,1H3,(H,25,28). The number of benzene rings is 2. The van der Waals surface area contributed by atoms with Crippen molar-refractivity contribution in [1.82, 2.24) is 15.1 Å². The fourth-order valence-electron chi connectivity index (χ4n) is 3.11. The predicted octanol–water partition coefficient (Wildman–Crippen LogP) is 4.22. The molecular weight excluding hydrogens is 369 g/mol. The third-order valence-corrected chi connectivity index (χ3v) is 4.64. The molecule has 0 bridgehead atoms. The highest BCUT2D eigenvalue weighted by Crippen LogP contribution is 2.13. The van der Waals surface area contributed by atoms with Crippen LogP contribution in [-0.4, -0.2) is 28.8 Å². The van der Waals surface area contributed by atoms with Crippen LogP contribution in [0.5, 0.6) is 5.75 Å². The Bertz CT molecular complexity index is 908. The molecule has 1 aromatic heterocycles. The number of carbonyl (C=O) groups excluding carboxylic acids is 1. The van der Waals surface area contributed by atoms with Crippen LogP contribution in [-0.2, 0) is 13.0 Å². The smallest absolute Gasteiger partial charge is 0.254 e. The Morgan fingerprint density at radius 2 is 1.86 bits per heavy atom. The van der Waals surface area contributed by atoms with Crippen LogP contribution in [0, 0.1) is 5.82 Å². The monoisotopic (exact) mass is 395 g/mol. The fourth-order valence-corrected chi connectivity index (χ4v) is 3.11. The molecule has 1 heterocycles. The van der Waals surface area contributed by atoms with E-state index in [0.717, 1.165) is 30.5 Å². The van der Waals surface area contributed by atoms with Crippen molar-refractivity contribution in [2.45, 2.75) is 32.7 Å². The van der Waals surface area contributed by atoms with Crippen LogP contribution in [0.1, 0.15) is 41.4 Å². The number of aromatic nitrogens is 2. The molecule has 0 fully saturated rings. The number of carbonyl (C=O) groups is 1. The molecule has 6 heteroatoms. The van der Waals surface area contributed by atoms with Crippen molar-refractivity contribution < 1.29 is 13.9 Å². The van der Waals surface area contributed by atoms with Crippen LogP contribution >= 0.6 is 0 Å². The van der Waals surface area contributed by atoms with E-state index in [0.29, 0.717) is 31.0 Å². The molecule has 0 aliphatic rings. The average molecular weight is 395 g/mol. The summed E-state index contributed by atoms with van der Waals surface area (Å²) in [5.41, 5.74) is 2.72. The number of ether oxygens (including phenoxy) is 1. The molecule has 1 amide bonds. The molecule has 29 heavy (non-hydrogen) atoms. The van der Waals surface area contributed by atoms with E-state index in [-0.39, 0.29) is 11.7 Å². The molecule has 3 aromatic rings. The summed E-state index contributed by atoms with van der Waals surface area (Å²) in [6, 6.07) is 16.0. The molecular formula is C23H26FN3O2. The van der Waals surface area contributed by atoms with E-state index in [1.807, 2.05) is 29.8 Å². The molecule has 0 atom stereocenters. The summed E-state index contributed by atoms with van der Waals surface area (Å²) in [5, 5.41) is 7.37. The van der Waals surface area contributed by atoms with E-state index < -0.39 is 0 Å². The second kappa shape index (κ2) is 10.4. The zero-order chi connectivity index (χ0) is 20.5. The van der Waals surface area contributed by atoms with Gasteiger partial charge in [-0.2, -0.15) is 5.10 Å². The number of hydrogen-bond donors (Lipinski definition) is 1. The molecule has 5 nitrogen and oxygen atoms in total. The number of nitrogens with one attached hydrogen (secondary N) is 1. The first-order valence-corrected chi connectivity index (χ1v) is 9.92. The zero-order valence-electron chi connectivity index (χ0n) is 16.6. The van der Waals surface area contributed by atoms with E-state index in [4.69, 9.17) is 4.74 Å². The maximum Gasteiger partial charge on any atom is 0.254 e. The van der Waals surface area contributed by atoms with Crippen LogP contribution in [0.3, 0.4) is 0 Å². The van der Waals surface area contributed by atoms with Gasteiger partial charge in [-0.3, -0.25) is 9.48 Å². The van der Waals surface area contributed by atoms with Crippen LogP contribution < -0.4 is 10.1 Å². The summed E-state index contributed by atoms with van der Waals surface area (Å²) in [6.07, 6.45) is 3.98. The Kier molecular flexibility index (Phi) is 7.39. The van der Waals surface area contributed by atoms with Gasteiger partial charge in [-0.05, 0) is 49.1 Å². The molecule has 152 valence electrons. The minimum atomic E-state index is -0.279. The van der Waals surface area contributed by atoms with Crippen molar-refractivity contribution in [3.63, 3.8) is 0 Å². The van der Waals surface area contributed by atoms with Gasteiger partial charge in [0.25, 0.3) is 5.91 Å². The van der Waals surface area contributed by atoms with Gasteiger partial charge in [0.2, 0.25) is 0 Å². The Hall–Kier alpha value is -3.15. The Balaban J connectivity index is 1.43. The minimum absolute atomic E-state index is 0.0967. The first-order chi connectivity index (χ1) is 14.2. The molecule has 0 radical (unpaired) electrons. The van der Waals surface area contributed by atoms with Gasteiger partial charge < -0.3 is 10.1 Å². The molecule has 0 spiro atoms. The topological polar surface area (TPSA) is 56.1 Å². The number of rotatable bonds is 10. The van der Waals surface area contributed by atoms with Crippen molar-refractivity contribution in [2.75, 3.05) is 13.2 Å². The van der Waals surface area contributed by atoms with Gasteiger partial charge >= 0.3 is 0 Å². The van der Waals surface area contributed by atoms with Crippen molar-refractivity contribution in [3.05, 3.63) is 83.4 Å². The molecule has 0 aliphatic heterocycles. The van der Waals surface area contributed by atoms with Crippen molar-refractivity contribution in [2.24, 2.45) is 0 Å². The van der Waals surface area contributed by atoms with Gasteiger partial charge in [-0.15, -0.1) is 0 Å². The van der Waals surface area contributed by atoms with Gasteiger partial charge in [-0.1, -0.05) is 37.3 Å². The van der Waals surface area contributed by atoms with Crippen molar-refractivity contribution in [3.8, 4) is 5.75 Å². The summed E-state index contributed by atoms with van der Waals surface area (Å²) in [6.45, 7) is 3.77. The first kappa shape index (κ1) is 20.6. The van der Waals surface area contributed by atoms with Crippen LogP contribution in [0.15, 0.2) is 60.8 Å². The summed E-state index contributed by atoms with van der Waals surface area (Å²) in [5.74, 6) is 0.271. The number of hydrogen-bond acceptors (Lipinski definition) is 3. The highest BCUT2D eigenvalue weighted by Gasteiger charge is 2.16. The summed E-state index contributed by atoms with van der Waals surface area (Å²) < 4.78 is 20.3.